The molecule has 1 saturated carbocycles. The van der Waals surface area contributed by atoms with Gasteiger partial charge in [0.25, 0.3) is 0 Å². The topological polar surface area (TPSA) is 35.5 Å². The van der Waals surface area contributed by atoms with Crippen molar-refractivity contribution in [2.24, 2.45) is 0 Å². The zero-order valence-electron chi connectivity index (χ0n) is 9.66. The molecule has 14 heavy (non-hydrogen) atoms. The fourth-order valence-corrected chi connectivity index (χ4v) is 2.37. The van der Waals surface area contributed by atoms with E-state index in [-0.39, 0.29) is 6.10 Å². The molecule has 0 aliphatic heterocycles. The highest BCUT2D eigenvalue weighted by atomic mass is 16.3. The van der Waals surface area contributed by atoms with Crippen LogP contribution >= 0.6 is 0 Å². The molecule has 0 amide bonds. The molecule has 2 N–H and O–H groups in total. The average molecular weight is 200 g/mol. The Hall–Kier alpha value is -0.120. The summed E-state index contributed by atoms with van der Waals surface area (Å²) in [5.41, 5.74) is 0. The van der Waals surface area contributed by atoms with Crippen molar-refractivity contribution in [2.75, 3.05) is 20.6 Å². The van der Waals surface area contributed by atoms with Crippen molar-refractivity contribution in [1.29, 1.82) is 0 Å². The quantitative estimate of drug-likeness (QED) is 0.705. The van der Waals surface area contributed by atoms with Crippen LogP contribution in [-0.2, 0) is 0 Å². The summed E-state index contributed by atoms with van der Waals surface area (Å²) in [6.45, 7) is 2.66. The number of hydrogen-bond donors (Lipinski definition) is 2. The minimum Gasteiger partial charge on any atom is -0.392 e. The molecular formula is C11H24N2O. The first-order valence-electron chi connectivity index (χ1n) is 5.69. The second-order valence-corrected chi connectivity index (χ2v) is 4.58. The highest BCUT2D eigenvalue weighted by molar-refractivity contribution is 4.81. The van der Waals surface area contributed by atoms with Crippen LogP contribution in [0, 0.1) is 0 Å². The van der Waals surface area contributed by atoms with Crippen molar-refractivity contribution in [3.63, 3.8) is 0 Å². The number of nitrogens with one attached hydrogen (secondary N) is 1. The van der Waals surface area contributed by atoms with Gasteiger partial charge in [0.1, 0.15) is 0 Å². The number of hydrogen-bond acceptors (Lipinski definition) is 3. The summed E-state index contributed by atoms with van der Waals surface area (Å²) in [7, 11) is 4.17. The molecule has 1 fully saturated rings. The van der Waals surface area contributed by atoms with Gasteiger partial charge in [0, 0.05) is 18.6 Å². The number of aliphatic hydroxyl groups excluding tert-OH is 1. The van der Waals surface area contributed by atoms with E-state index < -0.39 is 0 Å². The third kappa shape index (κ3) is 3.56. The summed E-state index contributed by atoms with van der Waals surface area (Å²) in [5, 5.41) is 12.6. The van der Waals surface area contributed by atoms with Gasteiger partial charge in [-0.2, -0.15) is 0 Å². The maximum atomic E-state index is 9.30. The van der Waals surface area contributed by atoms with Crippen LogP contribution in [0.25, 0.3) is 0 Å². The van der Waals surface area contributed by atoms with E-state index >= 15 is 0 Å². The lowest BCUT2D eigenvalue weighted by atomic mass is 9.90. The van der Waals surface area contributed by atoms with Crippen molar-refractivity contribution in [2.45, 2.75) is 50.8 Å². The molecule has 84 valence electrons. The third-order valence-electron chi connectivity index (χ3n) is 3.28. The lowest BCUT2D eigenvalue weighted by molar-refractivity contribution is 0.0982. The van der Waals surface area contributed by atoms with Crippen LogP contribution in [0.4, 0.5) is 0 Å². The molecule has 1 aliphatic carbocycles. The summed E-state index contributed by atoms with van der Waals surface area (Å²) in [6, 6.07) is 1.39. The van der Waals surface area contributed by atoms with E-state index in [0.29, 0.717) is 12.1 Å². The van der Waals surface area contributed by atoms with Gasteiger partial charge >= 0.3 is 0 Å². The van der Waals surface area contributed by atoms with Crippen molar-refractivity contribution in [3.8, 4) is 0 Å². The van der Waals surface area contributed by atoms with Gasteiger partial charge < -0.3 is 15.3 Å². The molecule has 0 aromatic heterocycles. The van der Waals surface area contributed by atoms with Crippen LogP contribution < -0.4 is 5.32 Å². The van der Waals surface area contributed by atoms with Gasteiger partial charge in [-0.1, -0.05) is 0 Å². The van der Waals surface area contributed by atoms with E-state index in [2.05, 4.69) is 17.3 Å². The molecule has 0 heterocycles. The Kier molecular flexibility index (Phi) is 4.85. The maximum absolute atomic E-state index is 9.30. The Balaban J connectivity index is 2.26. The molecule has 3 nitrogen and oxygen atoms in total. The van der Waals surface area contributed by atoms with E-state index in [1.165, 1.54) is 25.7 Å². The zero-order valence-corrected chi connectivity index (χ0v) is 9.66. The fraction of sp³-hybridized carbons (Fsp3) is 1.00. The Morgan fingerprint density at radius 3 is 2.36 bits per heavy atom. The van der Waals surface area contributed by atoms with Gasteiger partial charge in [-0.15, -0.1) is 0 Å². The summed E-state index contributed by atoms with van der Waals surface area (Å²) < 4.78 is 0. The van der Waals surface area contributed by atoms with Gasteiger partial charge in [-0.3, -0.25) is 0 Å². The standard InChI is InChI=1S/C11H24N2O/c1-9(14)8-13(3)11-6-4-10(12-2)5-7-11/h9-12,14H,4-8H2,1-3H3/t9-,10?,11?/m1/s1. The minimum absolute atomic E-state index is 0.206. The molecule has 0 aromatic carbocycles. The highest BCUT2D eigenvalue weighted by Crippen LogP contribution is 2.22. The first-order valence-corrected chi connectivity index (χ1v) is 5.69. The largest absolute Gasteiger partial charge is 0.392 e. The van der Waals surface area contributed by atoms with Gasteiger partial charge in [-0.05, 0) is 46.7 Å². The fourth-order valence-electron chi connectivity index (χ4n) is 2.37. The van der Waals surface area contributed by atoms with E-state index in [1.807, 2.05) is 14.0 Å². The predicted molar refractivity (Wildman–Crippen MR) is 59.4 cm³/mol. The Labute approximate surface area is 87.5 Å². The summed E-state index contributed by atoms with van der Waals surface area (Å²) >= 11 is 0. The number of nitrogens with zero attached hydrogens (tertiary/aromatic N) is 1. The molecule has 1 atom stereocenters. The first-order chi connectivity index (χ1) is 6.63. The van der Waals surface area contributed by atoms with Crippen LogP contribution in [-0.4, -0.2) is 48.8 Å². The van der Waals surface area contributed by atoms with Crippen LogP contribution in [0.15, 0.2) is 0 Å². The molecule has 0 saturated heterocycles. The Morgan fingerprint density at radius 2 is 1.93 bits per heavy atom. The molecule has 1 rings (SSSR count). The highest BCUT2D eigenvalue weighted by Gasteiger charge is 2.23. The normalized spacial score (nSPS) is 30.6. The van der Waals surface area contributed by atoms with Gasteiger partial charge in [0.15, 0.2) is 0 Å². The molecule has 0 bridgehead atoms. The number of aliphatic hydroxyl groups is 1. The zero-order chi connectivity index (χ0) is 10.6. The van der Waals surface area contributed by atoms with Crippen molar-refractivity contribution >= 4 is 0 Å². The molecule has 0 unspecified atom stereocenters. The first kappa shape index (κ1) is 12.0. The number of rotatable bonds is 4. The van der Waals surface area contributed by atoms with Crippen LogP contribution in [0.2, 0.25) is 0 Å². The lowest BCUT2D eigenvalue weighted by Crippen LogP contribution is -2.42. The smallest absolute Gasteiger partial charge is 0.0639 e. The minimum atomic E-state index is -0.206. The second-order valence-electron chi connectivity index (χ2n) is 4.58. The van der Waals surface area contributed by atoms with Crippen molar-refractivity contribution in [1.82, 2.24) is 10.2 Å². The molecule has 3 heteroatoms. The SMILES string of the molecule is CNC1CCC(N(C)C[C@@H](C)O)CC1. The number of likely N-dealkylation sites (N-methyl/N-ethyl adjacent to an activating group) is 1. The maximum Gasteiger partial charge on any atom is 0.0639 e. The van der Waals surface area contributed by atoms with Gasteiger partial charge in [0.05, 0.1) is 6.10 Å². The Morgan fingerprint density at radius 1 is 1.36 bits per heavy atom. The van der Waals surface area contributed by atoms with E-state index in [0.717, 1.165) is 6.54 Å². The molecule has 0 radical (unpaired) electrons. The molecular weight excluding hydrogens is 176 g/mol. The van der Waals surface area contributed by atoms with E-state index in [1.54, 1.807) is 0 Å². The Bertz CT molecular complexity index is 153. The van der Waals surface area contributed by atoms with Crippen LogP contribution in [0.1, 0.15) is 32.6 Å². The summed E-state index contributed by atoms with van der Waals surface area (Å²) in [6.07, 6.45) is 4.85. The van der Waals surface area contributed by atoms with Crippen molar-refractivity contribution < 1.29 is 5.11 Å². The monoisotopic (exact) mass is 200 g/mol. The summed E-state index contributed by atoms with van der Waals surface area (Å²) in [4.78, 5) is 2.30. The molecule has 0 spiro atoms. The van der Waals surface area contributed by atoms with Crippen LogP contribution in [0.5, 0.6) is 0 Å². The molecule has 1 aliphatic rings. The van der Waals surface area contributed by atoms with E-state index in [4.69, 9.17) is 0 Å². The van der Waals surface area contributed by atoms with Gasteiger partial charge in [-0.25, -0.2) is 0 Å². The average Bonchev–Trinajstić information content (AvgIpc) is 2.17. The molecule has 0 aromatic rings. The third-order valence-corrected chi connectivity index (χ3v) is 3.28. The summed E-state index contributed by atoms with van der Waals surface area (Å²) in [5.74, 6) is 0. The van der Waals surface area contributed by atoms with Gasteiger partial charge in [0.2, 0.25) is 0 Å². The van der Waals surface area contributed by atoms with E-state index in [9.17, 15) is 5.11 Å². The van der Waals surface area contributed by atoms with Crippen molar-refractivity contribution in [3.05, 3.63) is 0 Å². The lowest BCUT2D eigenvalue weighted by Gasteiger charge is -2.35. The predicted octanol–water partition coefficient (Wildman–Crippen LogP) is 0.830. The van der Waals surface area contributed by atoms with Crippen LogP contribution in [0.3, 0.4) is 0 Å². The second kappa shape index (κ2) is 5.69.